The first-order valence-electron chi connectivity index (χ1n) is 7.50. The first-order chi connectivity index (χ1) is 9.66. The van der Waals surface area contributed by atoms with Crippen LogP contribution in [0.15, 0.2) is 18.3 Å². The van der Waals surface area contributed by atoms with E-state index in [1.165, 1.54) is 19.3 Å². The summed E-state index contributed by atoms with van der Waals surface area (Å²) in [5, 5.41) is 15.9. The number of amides is 2. The van der Waals surface area contributed by atoms with Crippen LogP contribution in [0.3, 0.4) is 0 Å². The van der Waals surface area contributed by atoms with Gasteiger partial charge in [-0.2, -0.15) is 0 Å². The van der Waals surface area contributed by atoms with E-state index in [-0.39, 0.29) is 6.03 Å². The fraction of sp³-hybridized carbons (Fsp3) is 0.667. The maximum Gasteiger partial charge on any atom is 0.315 e. The summed E-state index contributed by atoms with van der Waals surface area (Å²) < 4.78 is 1.90. The second-order valence-corrected chi connectivity index (χ2v) is 5.58. The third kappa shape index (κ3) is 4.27. The molecule has 0 saturated heterocycles. The number of aliphatic hydroxyl groups is 1. The number of urea groups is 1. The van der Waals surface area contributed by atoms with E-state index in [2.05, 4.69) is 10.6 Å². The summed E-state index contributed by atoms with van der Waals surface area (Å²) >= 11 is 0. The van der Waals surface area contributed by atoms with Gasteiger partial charge in [0.05, 0.1) is 6.10 Å². The van der Waals surface area contributed by atoms with E-state index in [9.17, 15) is 9.90 Å². The van der Waals surface area contributed by atoms with Crippen molar-refractivity contribution in [1.82, 2.24) is 15.2 Å². The van der Waals surface area contributed by atoms with E-state index in [1.54, 1.807) is 0 Å². The molecule has 20 heavy (non-hydrogen) atoms. The van der Waals surface area contributed by atoms with Crippen molar-refractivity contribution in [3.63, 3.8) is 0 Å². The zero-order valence-electron chi connectivity index (χ0n) is 12.1. The van der Waals surface area contributed by atoms with Crippen molar-refractivity contribution in [1.29, 1.82) is 0 Å². The Morgan fingerprint density at radius 1 is 1.45 bits per heavy atom. The Morgan fingerprint density at radius 3 is 2.85 bits per heavy atom. The first-order valence-corrected chi connectivity index (χ1v) is 7.50. The lowest BCUT2D eigenvalue weighted by molar-refractivity contribution is 0.159. The first kappa shape index (κ1) is 14.9. The van der Waals surface area contributed by atoms with Crippen LogP contribution in [0, 0.1) is 0 Å². The van der Waals surface area contributed by atoms with Gasteiger partial charge in [-0.15, -0.1) is 0 Å². The number of nitrogens with one attached hydrogen (secondary N) is 2. The van der Waals surface area contributed by atoms with Gasteiger partial charge in [-0.3, -0.25) is 0 Å². The molecule has 0 bridgehead atoms. The summed E-state index contributed by atoms with van der Waals surface area (Å²) in [6.45, 7) is 0.477. The monoisotopic (exact) mass is 279 g/mol. The highest BCUT2D eigenvalue weighted by atomic mass is 16.3. The van der Waals surface area contributed by atoms with Gasteiger partial charge >= 0.3 is 6.03 Å². The number of carbonyl (C=O) groups is 1. The van der Waals surface area contributed by atoms with Crippen LogP contribution >= 0.6 is 0 Å². The van der Waals surface area contributed by atoms with Gasteiger partial charge in [-0.25, -0.2) is 4.79 Å². The number of hydrogen-bond donors (Lipinski definition) is 3. The quantitative estimate of drug-likeness (QED) is 0.772. The molecular weight excluding hydrogens is 254 g/mol. The lowest BCUT2D eigenvalue weighted by Gasteiger charge is -2.23. The molecule has 1 saturated carbocycles. The molecule has 1 fully saturated rings. The summed E-state index contributed by atoms with van der Waals surface area (Å²) in [6.07, 6.45) is 7.75. The number of carbonyl (C=O) groups excluding carboxylic acids is 1. The molecule has 1 atom stereocenters. The number of rotatable bonds is 5. The van der Waals surface area contributed by atoms with Gasteiger partial charge in [0.25, 0.3) is 0 Å². The second kappa shape index (κ2) is 7.33. The van der Waals surface area contributed by atoms with Crippen LogP contribution in [0.5, 0.6) is 0 Å². The summed E-state index contributed by atoms with van der Waals surface area (Å²) in [4.78, 5) is 11.7. The van der Waals surface area contributed by atoms with E-state index in [0.29, 0.717) is 19.0 Å². The minimum atomic E-state index is -0.537. The Bertz CT molecular complexity index is 425. The van der Waals surface area contributed by atoms with E-state index in [4.69, 9.17) is 0 Å². The SMILES string of the molecule is Cn1cccc1[C@@H](O)CCNC(=O)NC1CCCCC1. The summed E-state index contributed by atoms with van der Waals surface area (Å²) in [7, 11) is 1.90. The predicted octanol–water partition coefficient (Wildman–Crippen LogP) is 2.08. The lowest BCUT2D eigenvalue weighted by atomic mass is 9.96. The predicted molar refractivity (Wildman–Crippen MR) is 78.4 cm³/mol. The van der Waals surface area contributed by atoms with E-state index >= 15 is 0 Å². The molecule has 1 aliphatic carbocycles. The summed E-state index contributed by atoms with van der Waals surface area (Å²) in [5.74, 6) is 0. The molecule has 1 heterocycles. The third-order valence-electron chi connectivity index (χ3n) is 3.97. The molecule has 1 aliphatic rings. The van der Waals surface area contributed by atoms with Crippen LogP contribution in [-0.4, -0.2) is 28.3 Å². The average Bonchev–Trinajstić information content (AvgIpc) is 2.86. The standard InChI is InChI=1S/C15H25N3O2/c1-18-11-5-8-13(18)14(19)9-10-16-15(20)17-12-6-3-2-4-7-12/h5,8,11-12,14,19H,2-4,6-7,9-10H2,1H3,(H2,16,17,20)/t14-/m0/s1. The van der Waals surface area contributed by atoms with Gasteiger partial charge < -0.3 is 20.3 Å². The van der Waals surface area contributed by atoms with Crippen LogP contribution < -0.4 is 10.6 Å². The molecule has 0 aliphatic heterocycles. The molecule has 112 valence electrons. The Balaban J connectivity index is 1.65. The molecule has 3 N–H and O–H groups in total. The number of aliphatic hydroxyl groups excluding tert-OH is 1. The highest BCUT2D eigenvalue weighted by Gasteiger charge is 2.16. The van der Waals surface area contributed by atoms with Crippen LogP contribution in [0.25, 0.3) is 0 Å². The largest absolute Gasteiger partial charge is 0.387 e. The zero-order chi connectivity index (χ0) is 14.4. The van der Waals surface area contributed by atoms with E-state index in [0.717, 1.165) is 18.5 Å². The maximum absolute atomic E-state index is 11.7. The minimum absolute atomic E-state index is 0.115. The number of hydrogen-bond acceptors (Lipinski definition) is 2. The number of aryl methyl sites for hydroxylation is 1. The fourth-order valence-corrected chi connectivity index (χ4v) is 2.77. The highest BCUT2D eigenvalue weighted by molar-refractivity contribution is 5.74. The molecule has 0 unspecified atom stereocenters. The molecule has 5 nitrogen and oxygen atoms in total. The average molecular weight is 279 g/mol. The van der Waals surface area contributed by atoms with Gasteiger partial charge in [-0.05, 0) is 31.4 Å². The van der Waals surface area contributed by atoms with Crippen LogP contribution in [0.4, 0.5) is 4.79 Å². The zero-order valence-corrected chi connectivity index (χ0v) is 12.1. The normalized spacial score (nSPS) is 17.7. The van der Waals surface area contributed by atoms with Crippen molar-refractivity contribution >= 4 is 6.03 Å². The molecule has 1 aromatic heterocycles. The Kier molecular flexibility index (Phi) is 5.47. The maximum atomic E-state index is 11.7. The Hall–Kier alpha value is -1.49. The number of nitrogens with zero attached hydrogens (tertiary/aromatic N) is 1. The second-order valence-electron chi connectivity index (χ2n) is 5.58. The molecule has 2 rings (SSSR count). The molecule has 2 amide bonds. The van der Waals surface area contributed by atoms with E-state index in [1.807, 2.05) is 29.9 Å². The lowest BCUT2D eigenvalue weighted by Crippen LogP contribution is -2.43. The van der Waals surface area contributed by atoms with Gasteiger partial charge in [0, 0.05) is 31.5 Å². The molecular formula is C15H25N3O2. The molecule has 0 aromatic carbocycles. The summed E-state index contributed by atoms with van der Waals surface area (Å²) in [6, 6.07) is 4.01. The van der Waals surface area contributed by atoms with Crippen molar-refractivity contribution in [3.05, 3.63) is 24.0 Å². The molecule has 0 spiro atoms. The fourth-order valence-electron chi connectivity index (χ4n) is 2.77. The summed E-state index contributed by atoms with van der Waals surface area (Å²) in [5.41, 5.74) is 0.875. The minimum Gasteiger partial charge on any atom is -0.387 e. The molecule has 1 aromatic rings. The van der Waals surface area contributed by atoms with Gasteiger partial charge in [0.2, 0.25) is 0 Å². The van der Waals surface area contributed by atoms with Crippen LogP contribution in [0.1, 0.15) is 50.3 Å². The Labute approximate surface area is 120 Å². The van der Waals surface area contributed by atoms with Gasteiger partial charge in [-0.1, -0.05) is 19.3 Å². The van der Waals surface area contributed by atoms with Crippen molar-refractivity contribution in [3.8, 4) is 0 Å². The van der Waals surface area contributed by atoms with E-state index < -0.39 is 6.10 Å². The van der Waals surface area contributed by atoms with Crippen molar-refractivity contribution in [2.75, 3.05) is 6.54 Å². The van der Waals surface area contributed by atoms with Crippen molar-refractivity contribution in [2.24, 2.45) is 7.05 Å². The van der Waals surface area contributed by atoms with Crippen molar-refractivity contribution < 1.29 is 9.90 Å². The molecule has 0 radical (unpaired) electrons. The van der Waals surface area contributed by atoms with Crippen LogP contribution in [0.2, 0.25) is 0 Å². The Morgan fingerprint density at radius 2 is 2.20 bits per heavy atom. The van der Waals surface area contributed by atoms with Gasteiger partial charge in [0.15, 0.2) is 0 Å². The third-order valence-corrected chi connectivity index (χ3v) is 3.97. The topological polar surface area (TPSA) is 66.3 Å². The smallest absolute Gasteiger partial charge is 0.315 e. The molecule has 5 heteroatoms. The van der Waals surface area contributed by atoms with Gasteiger partial charge in [0.1, 0.15) is 0 Å². The highest BCUT2D eigenvalue weighted by Crippen LogP contribution is 2.17. The number of aromatic nitrogens is 1. The van der Waals surface area contributed by atoms with Crippen LogP contribution in [-0.2, 0) is 7.05 Å². The van der Waals surface area contributed by atoms with Crippen molar-refractivity contribution in [2.45, 2.75) is 50.7 Å².